The van der Waals surface area contributed by atoms with Crippen LogP contribution < -0.4 is 11.1 Å². The average Bonchev–Trinajstić information content (AvgIpc) is 2.42. The van der Waals surface area contributed by atoms with Crippen molar-refractivity contribution in [3.63, 3.8) is 0 Å². The maximum atomic E-state index is 13.2. The van der Waals surface area contributed by atoms with Crippen molar-refractivity contribution in [2.75, 3.05) is 11.1 Å². The fourth-order valence-corrected chi connectivity index (χ4v) is 1.62. The Morgan fingerprint density at radius 2 is 1.67 bits per heavy atom. The summed E-state index contributed by atoms with van der Waals surface area (Å²) in [6.45, 7) is 0. The molecule has 110 valence electrons. The highest BCUT2D eigenvalue weighted by atomic mass is 19.4. The molecule has 0 aliphatic rings. The monoisotopic (exact) mass is 298 g/mol. The van der Waals surface area contributed by atoms with E-state index in [2.05, 4.69) is 5.32 Å². The number of hydrogen-bond donors (Lipinski definition) is 2. The first-order chi connectivity index (χ1) is 9.77. The molecule has 2 aromatic carbocycles. The Balaban J connectivity index is 2.15. The molecular weight excluding hydrogens is 288 g/mol. The molecule has 0 atom stereocenters. The van der Waals surface area contributed by atoms with Crippen molar-refractivity contribution in [2.24, 2.45) is 0 Å². The molecule has 0 aromatic heterocycles. The number of carbonyl (C=O) groups is 1. The number of nitrogens with one attached hydrogen (secondary N) is 1. The van der Waals surface area contributed by atoms with Crippen LogP contribution in [0.2, 0.25) is 0 Å². The standard InChI is InChI=1S/C14H10F4N2O/c15-11-7-10(5-6-12(11)19)20-13(21)8-1-3-9(4-2-8)14(16,17)18/h1-7H,19H2,(H,20,21). The number of nitrogen functional groups attached to an aromatic ring is 1. The highest BCUT2D eigenvalue weighted by Gasteiger charge is 2.30. The molecule has 0 fully saturated rings. The van der Waals surface area contributed by atoms with Crippen LogP contribution in [0.15, 0.2) is 42.5 Å². The third-order valence-corrected chi connectivity index (χ3v) is 2.73. The SMILES string of the molecule is Nc1ccc(NC(=O)c2ccc(C(F)(F)F)cc2)cc1F. The molecule has 0 saturated heterocycles. The molecule has 1 amide bonds. The zero-order valence-corrected chi connectivity index (χ0v) is 10.5. The third kappa shape index (κ3) is 3.50. The Labute approximate surface area is 117 Å². The van der Waals surface area contributed by atoms with Crippen LogP contribution in [-0.2, 0) is 6.18 Å². The molecule has 3 N–H and O–H groups in total. The molecule has 2 rings (SSSR count). The number of alkyl halides is 3. The van der Waals surface area contributed by atoms with Crippen molar-refractivity contribution in [1.82, 2.24) is 0 Å². The second kappa shape index (κ2) is 5.43. The van der Waals surface area contributed by atoms with E-state index in [0.29, 0.717) is 0 Å². The Kier molecular flexibility index (Phi) is 3.84. The number of anilines is 2. The first-order valence-corrected chi connectivity index (χ1v) is 5.81. The largest absolute Gasteiger partial charge is 0.416 e. The minimum atomic E-state index is -4.46. The summed E-state index contributed by atoms with van der Waals surface area (Å²) in [7, 11) is 0. The summed E-state index contributed by atoms with van der Waals surface area (Å²) in [5.74, 6) is -1.34. The molecule has 0 unspecified atom stereocenters. The summed E-state index contributed by atoms with van der Waals surface area (Å²) in [6, 6.07) is 7.39. The van der Waals surface area contributed by atoms with Gasteiger partial charge in [-0.3, -0.25) is 4.79 Å². The van der Waals surface area contributed by atoms with Gasteiger partial charge in [0.1, 0.15) is 5.82 Å². The van der Waals surface area contributed by atoms with Gasteiger partial charge in [-0.2, -0.15) is 13.2 Å². The van der Waals surface area contributed by atoms with E-state index in [0.717, 1.165) is 30.3 Å². The quantitative estimate of drug-likeness (QED) is 0.656. The molecule has 7 heteroatoms. The number of hydrogen-bond acceptors (Lipinski definition) is 2. The summed E-state index contributed by atoms with van der Waals surface area (Å²) in [4.78, 5) is 11.8. The predicted octanol–water partition coefficient (Wildman–Crippen LogP) is 3.68. The van der Waals surface area contributed by atoms with Crippen molar-refractivity contribution in [3.05, 3.63) is 59.4 Å². The van der Waals surface area contributed by atoms with Gasteiger partial charge < -0.3 is 11.1 Å². The zero-order valence-electron chi connectivity index (χ0n) is 10.5. The number of nitrogens with two attached hydrogens (primary N) is 1. The molecule has 0 aliphatic carbocycles. The summed E-state index contributed by atoms with van der Waals surface area (Å²) >= 11 is 0. The molecule has 0 heterocycles. The lowest BCUT2D eigenvalue weighted by atomic mass is 10.1. The maximum absolute atomic E-state index is 13.2. The smallest absolute Gasteiger partial charge is 0.396 e. The van der Waals surface area contributed by atoms with Crippen molar-refractivity contribution in [1.29, 1.82) is 0 Å². The van der Waals surface area contributed by atoms with E-state index in [9.17, 15) is 22.4 Å². The van der Waals surface area contributed by atoms with Gasteiger partial charge in [0.2, 0.25) is 0 Å². The van der Waals surface area contributed by atoms with Crippen LogP contribution in [-0.4, -0.2) is 5.91 Å². The van der Waals surface area contributed by atoms with Crippen LogP contribution in [0, 0.1) is 5.82 Å². The number of amides is 1. The van der Waals surface area contributed by atoms with Crippen molar-refractivity contribution < 1.29 is 22.4 Å². The molecule has 0 spiro atoms. The van der Waals surface area contributed by atoms with Crippen molar-refractivity contribution in [2.45, 2.75) is 6.18 Å². The fourth-order valence-electron chi connectivity index (χ4n) is 1.62. The van der Waals surface area contributed by atoms with Crippen LogP contribution in [0.4, 0.5) is 28.9 Å². The highest BCUT2D eigenvalue weighted by Crippen LogP contribution is 2.29. The van der Waals surface area contributed by atoms with E-state index in [1.165, 1.54) is 12.1 Å². The Hall–Kier alpha value is -2.57. The van der Waals surface area contributed by atoms with Crippen LogP contribution in [0.25, 0.3) is 0 Å². The fraction of sp³-hybridized carbons (Fsp3) is 0.0714. The molecule has 0 bridgehead atoms. The Bertz CT molecular complexity index is 666. The Morgan fingerprint density at radius 1 is 1.05 bits per heavy atom. The summed E-state index contributed by atoms with van der Waals surface area (Å²) in [6.07, 6.45) is -4.46. The molecule has 3 nitrogen and oxygen atoms in total. The third-order valence-electron chi connectivity index (χ3n) is 2.73. The Morgan fingerprint density at radius 3 is 2.19 bits per heavy atom. The van der Waals surface area contributed by atoms with Gasteiger partial charge in [-0.05, 0) is 42.5 Å². The predicted molar refractivity (Wildman–Crippen MR) is 70.2 cm³/mol. The number of halogens is 4. The molecule has 21 heavy (non-hydrogen) atoms. The highest BCUT2D eigenvalue weighted by molar-refractivity contribution is 6.04. The van der Waals surface area contributed by atoms with E-state index in [1.54, 1.807) is 0 Å². The molecule has 0 aliphatic heterocycles. The van der Waals surface area contributed by atoms with Gasteiger partial charge in [0.05, 0.1) is 11.3 Å². The van der Waals surface area contributed by atoms with Crippen molar-refractivity contribution >= 4 is 17.3 Å². The second-order valence-electron chi connectivity index (χ2n) is 4.27. The van der Waals surface area contributed by atoms with Gasteiger partial charge >= 0.3 is 6.18 Å². The average molecular weight is 298 g/mol. The number of carbonyl (C=O) groups excluding carboxylic acids is 1. The minimum absolute atomic E-state index is 0.0280. The molecule has 0 saturated carbocycles. The summed E-state index contributed by atoms with van der Waals surface area (Å²) in [5, 5.41) is 2.37. The normalized spacial score (nSPS) is 11.2. The van der Waals surface area contributed by atoms with E-state index in [1.807, 2.05) is 0 Å². The molecule has 2 aromatic rings. The summed E-state index contributed by atoms with van der Waals surface area (Å²) in [5.41, 5.74) is 4.56. The lowest BCUT2D eigenvalue weighted by Crippen LogP contribution is -2.13. The minimum Gasteiger partial charge on any atom is -0.396 e. The first kappa shape index (κ1) is 14.8. The van der Waals surface area contributed by atoms with Crippen LogP contribution >= 0.6 is 0 Å². The zero-order chi connectivity index (χ0) is 15.6. The van der Waals surface area contributed by atoms with E-state index < -0.39 is 23.5 Å². The molecular formula is C14H10F4N2O. The van der Waals surface area contributed by atoms with E-state index >= 15 is 0 Å². The van der Waals surface area contributed by atoms with Crippen LogP contribution in [0.3, 0.4) is 0 Å². The van der Waals surface area contributed by atoms with Gasteiger partial charge in [-0.15, -0.1) is 0 Å². The summed E-state index contributed by atoms with van der Waals surface area (Å²) < 4.78 is 50.4. The second-order valence-corrected chi connectivity index (χ2v) is 4.27. The van der Waals surface area contributed by atoms with E-state index in [4.69, 9.17) is 5.73 Å². The van der Waals surface area contributed by atoms with Gasteiger partial charge in [0.25, 0.3) is 5.91 Å². The number of benzene rings is 2. The van der Waals surface area contributed by atoms with Gasteiger partial charge in [-0.1, -0.05) is 0 Å². The van der Waals surface area contributed by atoms with E-state index in [-0.39, 0.29) is 16.9 Å². The lowest BCUT2D eigenvalue weighted by molar-refractivity contribution is -0.137. The van der Waals surface area contributed by atoms with Crippen molar-refractivity contribution in [3.8, 4) is 0 Å². The van der Waals surface area contributed by atoms with Crippen LogP contribution in [0.5, 0.6) is 0 Å². The first-order valence-electron chi connectivity index (χ1n) is 5.81. The number of rotatable bonds is 2. The lowest BCUT2D eigenvalue weighted by Gasteiger charge is -2.09. The van der Waals surface area contributed by atoms with Gasteiger partial charge in [0, 0.05) is 11.3 Å². The van der Waals surface area contributed by atoms with Gasteiger partial charge in [-0.25, -0.2) is 4.39 Å². The maximum Gasteiger partial charge on any atom is 0.416 e. The topological polar surface area (TPSA) is 55.1 Å². The molecule has 0 radical (unpaired) electrons. The van der Waals surface area contributed by atoms with Gasteiger partial charge in [0.15, 0.2) is 0 Å². The van der Waals surface area contributed by atoms with Crippen LogP contribution in [0.1, 0.15) is 15.9 Å².